The Morgan fingerprint density at radius 3 is 1.15 bits per heavy atom. The zero-order valence-electron chi connectivity index (χ0n) is 80.2. The molecule has 0 unspecified atom stereocenters. The van der Waals surface area contributed by atoms with Gasteiger partial charge < -0.3 is 98.9 Å². The zero-order chi connectivity index (χ0) is 98.8. The van der Waals surface area contributed by atoms with Crippen LogP contribution in [0.25, 0.3) is 33.8 Å². The molecule has 0 radical (unpaired) electrons. The fourth-order valence-corrected chi connectivity index (χ4v) is 18.7. The van der Waals surface area contributed by atoms with E-state index in [0.29, 0.717) is 80.2 Å². The van der Waals surface area contributed by atoms with Gasteiger partial charge in [-0.3, -0.25) is 53.4 Å². The summed E-state index contributed by atoms with van der Waals surface area (Å²) in [5.41, 5.74) is 7.71. The second-order valence-electron chi connectivity index (χ2n) is 40.4. The van der Waals surface area contributed by atoms with Crippen LogP contribution in [0.1, 0.15) is 196 Å². The molecule has 37 nitrogen and oxygen atoms in total. The number of carboxylic acid groups (broad SMARTS) is 3. The van der Waals surface area contributed by atoms with Crippen LogP contribution in [0.3, 0.4) is 0 Å². The van der Waals surface area contributed by atoms with Crippen LogP contribution in [0.4, 0.5) is 0 Å². The molecule has 22 rings (SSSR count). The fourth-order valence-electron chi connectivity index (χ4n) is 18.7. The topological polar surface area (TPSA) is 509 Å². The Morgan fingerprint density at radius 1 is 0.447 bits per heavy atom. The number of aldehydes is 1. The van der Waals surface area contributed by atoms with Gasteiger partial charge in [0.15, 0.2) is 5.78 Å². The molecule has 4 aromatic heterocycles. The molecule has 754 valence electrons. The number of benzene rings is 4. The number of ketones is 1. The first kappa shape index (κ1) is 103. The number of Topliss-reactive ketones (excluding diaryl/α,β-unsaturated/α-hetero) is 1. The molecule has 0 spiro atoms. The lowest BCUT2D eigenvalue weighted by molar-refractivity contribution is -0.152. The maximum Gasteiger partial charge on any atom is 0.376 e. The second kappa shape index (κ2) is 50.6. The number of nitrogens with two attached hydrogens (primary N) is 1. The van der Waals surface area contributed by atoms with Gasteiger partial charge in [0.05, 0.1) is 42.1 Å². The van der Waals surface area contributed by atoms with E-state index in [2.05, 4.69) is 77.3 Å². The Bertz CT molecular complexity index is 5350. The van der Waals surface area contributed by atoms with Gasteiger partial charge in [-0.15, -0.1) is 10.2 Å². The van der Waals surface area contributed by atoms with Gasteiger partial charge in [-0.1, -0.05) is 169 Å². The van der Waals surface area contributed by atoms with Crippen LogP contribution in [0.5, 0.6) is 0 Å². The highest BCUT2D eigenvalue weighted by atomic mass is 16.5. The van der Waals surface area contributed by atoms with E-state index in [-0.39, 0.29) is 131 Å². The lowest BCUT2D eigenvalue weighted by atomic mass is 9.77. The van der Waals surface area contributed by atoms with Crippen LogP contribution in [0, 0.1) is 71.0 Å². The predicted molar refractivity (Wildman–Crippen MR) is 518 cm³/mol. The van der Waals surface area contributed by atoms with Crippen molar-refractivity contribution in [2.75, 3.05) is 111 Å². The summed E-state index contributed by atoms with van der Waals surface area (Å²) < 4.78 is 26.7. The minimum Gasteiger partial charge on any atom is -0.481 e. The third-order valence-corrected chi connectivity index (χ3v) is 29.7. The van der Waals surface area contributed by atoms with Crippen molar-refractivity contribution >= 4 is 72.5 Å². The minimum atomic E-state index is -0.767. The fraction of sp³-hybridized carbons (Fsp3) is 0.553. The molecular formula is C103H134BN17O20. The SMILES string of the molecule is CB(O)N1CC(C(=O)O)C1.NNC(=O)C1CC(NC(=O)c2cc(-c3ccccc3)no2)C1.O=C(NC1CC(C(=O)CNC(=O)C2CN(CC3CCC3)C2)C1)c1cc(-c2ccccc2)no1.O=C(NC1CC(c2nnc(C3CN(CC4CCC4)C3)o2)C1)c1cc(-c2ccccc2)no1.O=C(O)C1CN(CC2CCC2)C1.O=C(O)C1CN(CC2CCC2)C1.O=C(OCc1ccccc1)C1CNC1.O=CC1CCC1. The summed E-state index contributed by atoms with van der Waals surface area (Å²) in [5.74, 6) is 7.77. The summed E-state index contributed by atoms with van der Waals surface area (Å²) in [7, 11) is -0.504. The molecular weight excluding hydrogens is 1810 g/mol. The number of hydrogen-bond donors (Lipinski definition) is 11. The third-order valence-electron chi connectivity index (χ3n) is 29.7. The van der Waals surface area contributed by atoms with Crippen molar-refractivity contribution in [3.63, 3.8) is 0 Å². The molecule has 0 bridgehead atoms. The molecule has 4 aromatic carbocycles. The first-order valence-electron chi connectivity index (χ1n) is 50.3. The van der Waals surface area contributed by atoms with E-state index in [1.807, 2.05) is 121 Å². The third kappa shape index (κ3) is 29.6. The highest BCUT2D eigenvalue weighted by molar-refractivity contribution is 6.45. The molecule has 6 aliphatic heterocycles. The van der Waals surface area contributed by atoms with Gasteiger partial charge in [0, 0.05) is 181 Å². The van der Waals surface area contributed by atoms with Gasteiger partial charge in [0.2, 0.25) is 40.9 Å². The second-order valence-corrected chi connectivity index (χ2v) is 40.4. The van der Waals surface area contributed by atoms with Crippen molar-refractivity contribution in [2.45, 2.75) is 178 Å². The summed E-state index contributed by atoms with van der Waals surface area (Å²) in [6.45, 7) is 16.0. The standard InChI is InChI=1S/C25H30N4O4.C24H27N5O3.C15H16N4O3.C11H13NO2.2C9H15NO2.C5H10BNO3.C5H8O/c30-22(12-26-24(31)19-14-29(15-19)13-16-5-4-6-16)18-9-20(10-18)27-25(32)23-11-21(28-33-23)17-7-2-1-3-8-17;30-22(21-11-20(28-32-21)16-7-2-1-3-8-16)25-19-9-17(10-19)23-26-27-24(31-23)18-13-29(14-18)12-15-5-4-6-15;16-18-14(20)10-6-11(7-10)17-15(21)13-8-12(19-22-13)9-4-2-1-3-5-9;13-11(10-6-12-7-10)14-8-9-4-2-1-3-5-9;2*11-9(12)8-5-10(6-8)4-7-2-1-3-7;1-6(10)7-2-4(3-7)5(8)9;6-4-5-2-1-3-5/h1-3,7-8,11,16,18-20H,4-6,9-10,12-15H2,(H,26,31)(H,27,32);1-3,7-8,11,15,17-19H,4-6,9-10,12-14H2,(H,25,30);1-5,8,10-11H,6-7,16H2,(H,17,21)(H,18,20);1-5,10,12H,6-8H2;2*7-8H,1-6H2,(H,11,12);4,10H,2-3H2,1H3,(H,8,9);4-5H,1-3H2. The molecule has 8 aromatic rings. The van der Waals surface area contributed by atoms with Gasteiger partial charge in [-0.2, -0.15) is 0 Å². The zero-order valence-corrected chi connectivity index (χ0v) is 80.2. The maximum atomic E-state index is 12.5. The molecule has 0 atom stereocenters. The lowest BCUT2D eigenvalue weighted by Gasteiger charge is -2.42. The quantitative estimate of drug-likeness (QED) is 0.00467. The van der Waals surface area contributed by atoms with E-state index >= 15 is 0 Å². The summed E-state index contributed by atoms with van der Waals surface area (Å²) in [6.07, 6.45) is 24.8. The maximum absolute atomic E-state index is 12.5. The van der Waals surface area contributed by atoms with Crippen LogP contribution in [-0.4, -0.2) is 272 Å². The smallest absolute Gasteiger partial charge is 0.376 e. The molecule has 14 fully saturated rings. The van der Waals surface area contributed by atoms with Crippen LogP contribution in [0.15, 0.2) is 158 Å². The highest BCUT2D eigenvalue weighted by Gasteiger charge is 2.44. The Labute approximate surface area is 820 Å². The summed E-state index contributed by atoms with van der Waals surface area (Å²) in [6, 6.07) is 43.2. The van der Waals surface area contributed by atoms with E-state index in [1.54, 1.807) is 29.8 Å². The van der Waals surface area contributed by atoms with Gasteiger partial charge in [-0.05, 0) is 139 Å². The molecule has 141 heavy (non-hydrogen) atoms. The summed E-state index contributed by atoms with van der Waals surface area (Å²) >= 11 is 0. The Balaban J connectivity index is 0.000000128. The van der Waals surface area contributed by atoms with Gasteiger partial charge in [-0.25, -0.2) is 5.84 Å². The van der Waals surface area contributed by atoms with Crippen molar-refractivity contribution in [1.29, 1.82) is 0 Å². The number of aromatic nitrogens is 5. The number of carbonyl (C=O) groups is 11. The average Bonchev–Trinajstić information content (AvgIpc) is 1.65. The van der Waals surface area contributed by atoms with Crippen molar-refractivity contribution in [2.24, 2.45) is 76.9 Å². The van der Waals surface area contributed by atoms with Crippen molar-refractivity contribution in [1.82, 2.24) is 82.1 Å². The van der Waals surface area contributed by atoms with E-state index in [9.17, 15) is 52.7 Å². The first-order valence-corrected chi connectivity index (χ1v) is 50.3. The van der Waals surface area contributed by atoms with Crippen molar-refractivity contribution < 1.29 is 95.8 Å². The number of carboxylic acids is 3. The Kier molecular flexibility index (Phi) is 37.1. The molecule has 10 heterocycles. The molecule has 38 heteroatoms. The number of aliphatic carboxylic acids is 3. The van der Waals surface area contributed by atoms with Crippen LogP contribution < -0.4 is 37.9 Å². The number of hydrazine groups is 1. The normalized spacial score (nSPS) is 22.4. The van der Waals surface area contributed by atoms with E-state index < -0.39 is 25.0 Å². The van der Waals surface area contributed by atoms with Crippen LogP contribution >= 0.6 is 0 Å². The lowest BCUT2D eigenvalue weighted by Crippen LogP contribution is -2.56. The Morgan fingerprint density at radius 2 is 0.809 bits per heavy atom. The van der Waals surface area contributed by atoms with E-state index in [0.717, 1.165) is 169 Å². The van der Waals surface area contributed by atoms with Gasteiger partial charge in [0.25, 0.3) is 17.7 Å². The number of nitrogens with one attached hydrogen (secondary N) is 6. The number of hydrogen-bond acceptors (Lipinski definition) is 29. The number of likely N-dealkylation sites (tertiary alicyclic amines) is 4. The molecule has 14 aliphatic rings. The number of ether oxygens (including phenoxy) is 1. The number of nitrogens with zero attached hydrogens (tertiary/aromatic N) is 10. The number of carbonyl (C=O) groups excluding carboxylic acids is 8. The molecule has 6 saturated heterocycles. The number of esters is 1. The largest absolute Gasteiger partial charge is 0.481 e. The molecule has 8 aliphatic carbocycles. The van der Waals surface area contributed by atoms with Gasteiger partial charge >= 0.3 is 30.9 Å². The van der Waals surface area contributed by atoms with Crippen molar-refractivity contribution in [3.05, 3.63) is 174 Å². The summed E-state index contributed by atoms with van der Waals surface area (Å²) in [5, 5.41) is 69.6. The average molecular weight is 1940 g/mol. The number of amides is 5. The minimum absolute atomic E-state index is 0.00832. The van der Waals surface area contributed by atoms with Crippen LogP contribution in [0.2, 0.25) is 6.82 Å². The Hall–Kier alpha value is -12.0. The molecule has 5 amide bonds. The predicted octanol–water partition coefficient (Wildman–Crippen LogP) is 9.36. The van der Waals surface area contributed by atoms with Crippen LogP contribution in [-0.2, 0) is 49.7 Å². The summed E-state index contributed by atoms with van der Waals surface area (Å²) in [4.78, 5) is 136. The van der Waals surface area contributed by atoms with Gasteiger partial charge in [0.1, 0.15) is 30.0 Å². The van der Waals surface area contributed by atoms with Crippen molar-refractivity contribution in [3.8, 4) is 33.8 Å². The number of rotatable bonds is 32. The highest BCUT2D eigenvalue weighted by Crippen LogP contribution is 2.41. The van der Waals surface area contributed by atoms with E-state index in [4.69, 9.17) is 48.9 Å². The molecule has 12 N–H and O–H groups in total. The monoisotopic (exact) mass is 1940 g/mol. The molecule has 8 saturated carbocycles. The first-order chi connectivity index (χ1) is 68.3. The van der Waals surface area contributed by atoms with E-state index in [1.165, 1.54) is 90.0 Å².